The van der Waals surface area contributed by atoms with Gasteiger partial charge in [-0.15, -0.1) is 0 Å². The molecule has 2 aromatic heterocycles. The van der Waals surface area contributed by atoms with Crippen molar-refractivity contribution in [1.82, 2.24) is 19.6 Å². The molecule has 2 heterocycles. The van der Waals surface area contributed by atoms with Gasteiger partial charge >= 0.3 is 6.01 Å². The fraction of sp³-hybridized carbons (Fsp3) is 0.150. The molecule has 9 heteroatoms. The molecule has 0 saturated carbocycles. The maximum absolute atomic E-state index is 12.7. The van der Waals surface area contributed by atoms with Gasteiger partial charge in [-0.25, -0.2) is 13.4 Å². The molecule has 0 spiro atoms. The van der Waals surface area contributed by atoms with E-state index in [1.807, 2.05) is 12.1 Å². The van der Waals surface area contributed by atoms with E-state index in [9.17, 15) is 13.5 Å². The average molecular weight is 409 g/mol. The molecule has 0 atom stereocenters. The zero-order valence-electron chi connectivity index (χ0n) is 15.8. The van der Waals surface area contributed by atoms with Crippen molar-refractivity contribution in [3.05, 3.63) is 66.6 Å². The Balaban J connectivity index is 1.60. The first-order valence-corrected chi connectivity index (χ1v) is 10.4. The summed E-state index contributed by atoms with van der Waals surface area (Å²) < 4.78 is 29.2. The van der Waals surface area contributed by atoms with Gasteiger partial charge in [-0.2, -0.15) is 14.6 Å². The van der Waals surface area contributed by atoms with Crippen molar-refractivity contribution >= 4 is 21.4 Å². The van der Waals surface area contributed by atoms with E-state index in [0.717, 1.165) is 11.1 Å². The highest BCUT2D eigenvalue weighted by Crippen LogP contribution is 2.26. The minimum atomic E-state index is -3.72. The Kier molecular flexibility index (Phi) is 4.67. The summed E-state index contributed by atoms with van der Waals surface area (Å²) in [6.07, 6.45) is 2.78. The van der Waals surface area contributed by atoms with Crippen LogP contribution in [0.5, 0.6) is 6.01 Å². The van der Waals surface area contributed by atoms with Crippen molar-refractivity contribution in [2.24, 2.45) is 0 Å². The van der Waals surface area contributed by atoms with Gasteiger partial charge in [0.2, 0.25) is 0 Å². The number of nitrogens with one attached hydrogen (secondary N) is 1. The number of fused-ring (bicyclic) bond motifs is 1. The molecule has 0 amide bonds. The van der Waals surface area contributed by atoms with Crippen LogP contribution < -0.4 is 4.72 Å². The molecule has 29 heavy (non-hydrogen) atoms. The number of sulfonamides is 1. The van der Waals surface area contributed by atoms with Crippen LogP contribution in [-0.4, -0.2) is 33.1 Å². The normalized spacial score (nSPS) is 11.8. The smallest absolute Gasteiger partial charge is 0.318 e. The van der Waals surface area contributed by atoms with E-state index >= 15 is 0 Å². The molecule has 2 aromatic carbocycles. The third-order valence-corrected chi connectivity index (χ3v) is 5.99. The zero-order valence-corrected chi connectivity index (χ0v) is 16.6. The van der Waals surface area contributed by atoms with E-state index in [0.29, 0.717) is 22.8 Å². The minimum absolute atomic E-state index is 0.142. The molecule has 0 fully saturated rings. The van der Waals surface area contributed by atoms with Crippen LogP contribution in [-0.2, 0) is 10.0 Å². The lowest BCUT2D eigenvalue weighted by atomic mass is 10.0. The van der Waals surface area contributed by atoms with Crippen LogP contribution in [0.25, 0.3) is 16.8 Å². The van der Waals surface area contributed by atoms with Crippen LogP contribution in [0.3, 0.4) is 0 Å². The maximum atomic E-state index is 12.7. The Morgan fingerprint density at radius 2 is 1.69 bits per heavy atom. The molecule has 2 N–H and O–H groups in total. The quantitative estimate of drug-likeness (QED) is 0.523. The molecule has 0 aliphatic rings. The Morgan fingerprint density at radius 3 is 2.34 bits per heavy atom. The number of benzene rings is 2. The van der Waals surface area contributed by atoms with E-state index < -0.39 is 10.0 Å². The predicted octanol–water partition coefficient (Wildman–Crippen LogP) is 3.42. The summed E-state index contributed by atoms with van der Waals surface area (Å²) in [6.45, 7) is 4.16. The van der Waals surface area contributed by atoms with Crippen LogP contribution in [0, 0.1) is 0 Å². The van der Waals surface area contributed by atoms with Gasteiger partial charge in [-0.3, -0.25) is 4.72 Å². The van der Waals surface area contributed by atoms with Gasteiger partial charge in [0, 0.05) is 11.3 Å². The summed E-state index contributed by atoms with van der Waals surface area (Å²) in [4.78, 5) is 7.94. The van der Waals surface area contributed by atoms with Crippen molar-refractivity contribution in [2.45, 2.75) is 24.7 Å². The van der Waals surface area contributed by atoms with Crippen LogP contribution in [0.1, 0.15) is 25.3 Å². The van der Waals surface area contributed by atoms with Crippen LogP contribution in [0.4, 0.5) is 5.69 Å². The second-order valence-electron chi connectivity index (χ2n) is 6.87. The summed E-state index contributed by atoms with van der Waals surface area (Å²) in [5, 5.41) is 13.8. The van der Waals surface area contributed by atoms with Gasteiger partial charge in [0.25, 0.3) is 10.0 Å². The standard InChI is InChI=1S/C20H19N5O3S/c1-13(2)14-3-7-16(8-4-14)24-29(27,28)17-9-5-15(6-10-17)18-11-23-25-19(18)21-12-22-20(25)26/h3-13,24H,1-2H3,(H,21,22,26). The highest BCUT2D eigenvalue weighted by molar-refractivity contribution is 7.92. The molecule has 8 nitrogen and oxygen atoms in total. The first kappa shape index (κ1) is 18.9. The summed E-state index contributed by atoms with van der Waals surface area (Å²) in [5.41, 5.74) is 3.45. The predicted molar refractivity (Wildman–Crippen MR) is 109 cm³/mol. The fourth-order valence-electron chi connectivity index (χ4n) is 2.97. The molecular formula is C20H19N5O3S. The third-order valence-electron chi connectivity index (χ3n) is 4.59. The van der Waals surface area contributed by atoms with Gasteiger partial charge in [0.15, 0.2) is 5.65 Å². The first-order chi connectivity index (χ1) is 13.8. The molecule has 0 bridgehead atoms. The van der Waals surface area contributed by atoms with Crippen LogP contribution in [0.2, 0.25) is 0 Å². The van der Waals surface area contributed by atoms with Gasteiger partial charge < -0.3 is 5.11 Å². The molecule has 4 rings (SSSR count). The van der Waals surface area contributed by atoms with Gasteiger partial charge in [-0.1, -0.05) is 38.1 Å². The lowest BCUT2D eigenvalue weighted by Gasteiger charge is -2.10. The highest BCUT2D eigenvalue weighted by atomic mass is 32.2. The van der Waals surface area contributed by atoms with E-state index in [1.165, 1.54) is 23.0 Å². The number of hydrogen-bond donors (Lipinski definition) is 2. The molecule has 4 aromatic rings. The van der Waals surface area contributed by atoms with Crippen molar-refractivity contribution < 1.29 is 13.5 Å². The Hall–Kier alpha value is -3.46. The average Bonchev–Trinajstić information content (AvgIpc) is 3.14. The molecule has 148 valence electrons. The number of anilines is 1. The fourth-order valence-corrected chi connectivity index (χ4v) is 4.03. The summed E-state index contributed by atoms with van der Waals surface area (Å²) >= 11 is 0. The van der Waals surface area contributed by atoms with E-state index in [1.54, 1.807) is 30.5 Å². The summed E-state index contributed by atoms with van der Waals surface area (Å²) in [6, 6.07) is 13.4. The first-order valence-electron chi connectivity index (χ1n) is 8.96. The van der Waals surface area contributed by atoms with Crippen LogP contribution >= 0.6 is 0 Å². The van der Waals surface area contributed by atoms with Gasteiger partial charge in [0.05, 0.1) is 11.1 Å². The Labute approximate surface area is 167 Å². The second kappa shape index (κ2) is 7.17. The topological polar surface area (TPSA) is 109 Å². The van der Waals surface area contributed by atoms with Crippen molar-refractivity contribution in [3.8, 4) is 17.1 Å². The summed E-state index contributed by atoms with van der Waals surface area (Å²) in [7, 11) is -3.72. The van der Waals surface area contributed by atoms with E-state index in [-0.39, 0.29) is 10.9 Å². The van der Waals surface area contributed by atoms with E-state index in [2.05, 4.69) is 33.6 Å². The van der Waals surface area contributed by atoms with Gasteiger partial charge in [-0.05, 0) is 41.3 Å². The Bertz CT molecular complexity index is 1260. The van der Waals surface area contributed by atoms with Gasteiger partial charge in [0.1, 0.15) is 6.33 Å². The second-order valence-corrected chi connectivity index (χ2v) is 8.56. The highest BCUT2D eigenvalue weighted by Gasteiger charge is 2.16. The minimum Gasteiger partial charge on any atom is -0.479 e. The third kappa shape index (κ3) is 3.64. The molecule has 0 unspecified atom stereocenters. The number of hydrogen-bond acceptors (Lipinski definition) is 6. The van der Waals surface area contributed by atoms with Crippen LogP contribution in [0.15, 0.2) is 66.0 Å². The lowest BCUT2D eigenvalue weighted by Crippen LogP contribution is -2.12. The molecular weight excluding hydrogens is 390 g/mol. The number of rotatable bonds is 5. The molecule has 0 aliphatic carbocycles. The van der Waals surface area contributed by atoms with Crippen molar-refractivity contribution in [1.29, 1.82) is 0 Å². The lowest BCUT2D eigenvalue weighted by molar-refractivity contribution is 0.411. The SMILES string of the molecule is CC(C)c1ccc(NS(=O)(=O)c2ccc(-c3cnn4c(O)ncnc34)cc2)cc1. The zero-order chi connectivity index (χ0) is 20.6. The Morgan fingerprint density at radius 1 is 1.00 bits per heavy atom. The van der Waals surface area contributed by atoms with Crippen molar-refractivity contribution in [3.63, 3.8) is 0 Å². The summed E-state index contributed by atoms with van der Waals surface area (Å²) in [5.74, 6) is 0.375. The monoisotopic (exact) mass is 409 g/mol. The molecule has 0 saturated heterocycles. The van der Waals surface area contributed by atoms with E-state index in [4.69, 9.17) is 0 Å². The molecule has 0 radical (unpaired) electrons. The number of aromatic hydroxyl groups is 1. The van der Waals surface area contributed by atoms with Crippen molar-refractivity contribution in [2.75, 3.05) is 4.72 Å². The number of aromatic nitrogens is 4. The maximum Gasteiger partial charge on any atom is 0.318 e. The largest absolute Gasteiger partial charge is 0.479 e. The molecule has 0 aliphatic heterocycles. The number of nitrogens with zero attached hydrogens (tertiary/aromatic N) is 4.